The van der Waals surface area contributed by atoms with E-state index in [0.717, 1.165) is 12.1 Å². The molecule has 2 aromatic rings. The van der Waals surface area contributed by atoms with E-state index in [1.807, 2.05) is 0 Å². The molecule has 21 heavy (non-hydrogen) atoms. The van der Waals surface area contributed by atoms with E-state index in [9.17, 15) is 21.6 Å². The molecule has 0 radical (unpaired) electrons. The quantitative estimate of drug-likeness (QED) is 0.833. The minimum Gasteiger partial charge on any atom is -0.454 e. The van der Waals surface area contributed by atoms with Crippen molar-refractivity contribution in [2.75, 3.05) is 0 Å². The Morgan fingerprint density at radius 3 is 2.14 bits per heavy atom. The normalized spacial score (nSPS) is 12.2. The zero-order valence-corrected chi connectivity index (χ0v) is 11.8. The molecule has 2 aromatic carbocycles. The summed E-state index contributed by atoms with van der Waals surface area (Å²) in [6, 6.07) is 10.9. The third-order valence-corrected chi connectivity index (χ3v) is 4.30. The lowest BCUT2D eigenvalue weighted by molar-refractivity contribution is -0.0436. The van der Waals surface area contributed by atoms with Crippen molar-refractivity contribution < 1.29 is 26.3 Å². The van der Waals surface area contributed by atoms with Gasteiger partial charge in [0, 0.05) is 0 Å². The number of halogens is 4. The number of benzene rings is 2. The zero-order chi connectivity index (χ0) is 15.7. The average molecular weight is 337 g/mol. The Bertz CT molecular complexity index is 743. The van der Waals surface area contributed by atoms with Crippen molar-refractivity contribution in [1.29, 1.82) is 0 Å². The Morgan fingerprint density at radius 2 is 1.57 bits per heavy atom. The van der Waals surface area contributed by atoms with Crippen LogP contribution in [-0.4, -0.2) is 13.9 Å². The Morgan fingerprint density at radius 1 is 0.952 bits per heavy atom. The fraction of sp³-hybridized carbons (Fsp3) is 0.0769. The molecule has 0 heterocycles. The van der Waals surface area contributed by atoms with Crippen LogP contribution in [-0.2, 0) is 9.84 Å². The first kappa shape index (κ1) is 15.7. The second-order valence-corrected chi connectivity index (χ2v) is 6.25. The minimum atomic E-state index is -5.56. The van der Waals surface area contributed by atoms with E-state index >= 15 is 0 Å². The van der Waals surface area contributed by atoms with E-state index in [1.54, 1.807) is 18.2 Å². The average Bonchev–Trinajstić information content (AvgIpc) is 2.41. The predicted molar refractivity (Wildman–Crippen MR) is 71.2 cm³/mol. The minimum absolute atomic E-state index is 0.171. The summed E-state index contributed by atoms with van der Waals surface area (Å²) < 4.78 is 66.4. The number of hydrogen-bond donors (Lipinski definition) is 0. The van der Waals surface area contributed by atoms with Crippen LogP contribution in [0.1, 0.15) is 0 Å². The molecule has 0 aliphatic rings. The van der Waals surface area contributed by atoms with Crippen LogP contribution in [0.3, 0.4) is 0 Å². The number of alkyl halides is 3. The molecular weight excluding hydrogens is 329 g/mol. The van der Waals surface area contributed by atoms with Crippen molar-refractivity contribution >= 4 is 21.4 Å². The molecule has 0 N–H and O–H groups in total. The van der Waals surface area contributed by atoms with Crippen LogP contribution >= 0.6 is 11.6 Å². The lowest BCUT2D eigenvalue weighted by atomic mass is 10.3. The highest BCUT2D eigenvalue weighted by Gasteiger charge is 2.48. The van der Waals surface area contributed by atoms with E-state index in [1.165, 1.54) is 18.2 Å². The topological polar surface area (TPSA) is 43.4 Å². The molecule has 2 rings (SSSR count). The summed E-state index contributed by atoms with van der Waals surface area (Å²) in [6.45, 7) is 0. The molecule has 3 nitrogen and oxygen atoms in total. The second-order valence-electron chi connectivity index (χ2n) is 3.93. The molecular formula is C13H8ClF3O3S. The molecule has 0 aliphatic carbocycles. The van der Waals surface area contributed by atoms with Gasteiger partial charge in [0.2, 0.25) is 0 Å². The van der Waals surface area contributed by atoms with Crippen molar-refractivity contribution in [2.24, 2.45) is 0 Å². The monoisotopic (exact) mass is 336 g/mol. The van der Waals surface area contributed by atoms with Gasteiger partial charge in [-0.3, -0.25) is 0 Å². The van der Waals surface area contributed by atoms with Crippen LogP contribution < -0.4 is 4.74 Å². The first-order valence-electron chi connectivity index (χ1n) is 5.56. The highest BCUT2D eigenvalue weighted by atomic mass is 35.5. The Balaban J connectivity index is 2.57. The summed E-state index contributed by atoms with van der Waals surface area (Å²) >= 11 is 5.78. The molecule has 0 aliphatic heterocycles. The molecule has 0 fully saturated rings. The van der Waals surface area contributed by atoms with Gasteiger partial charge in [0.1, 0.15) is 10.6 Å². The zero-order valence-electron chi connectivity index (χ0n) is 10.3. The van der Waals surface area contributed by atoms with Gasteiger partial charge >= 0.3 is 5.51 Å². The first-order valence-corrected chi connectivity index (χ1v) is 7.42. The summed E-state index contributed by atoms with van der Waals surface area (Å²) in [4.78, 5) is -1.02. The second kappa shape index (κ2) is 5.57. The predicted octanol–water partition coefficient (Wildman–Crippen LogP) is 4.43. The van der Waals surface area contributed by atoms with Gasteiger partial charge in [-0.25, -0.2) is 8.42 Å². The van der Waals surface area contributed by atoms with Gasteiger partial charge in [0.05, 0.1) is 5.02 Å². The summed E-state index contributed by atoms with van der Waals surface area (Å²) in [6.07, 6.45) is 0. The maximum atomic E-state index is 12.7. The Hall–Kier alpha value is -1.73. The summed E-state index contributed by atoms with van der Waals surface area (Å²) in [5.74, 6) is -0.382. The van der Waals surface area contributed by atoms with Crippen LogP contribution in [0.2, 0.25) is 5.02 Å². The standard InChI is InChI=1S/C13H8ClF3O3S/c14-10-7-4-8-11(21(18,19)13(15,16)17)12(10)20-9-5-2-1-3-6-9/h1-8H. The van der Waals surface area contributed by atoms with Gasteiger partial charge in [-0.2, -0.15) is 13.2 Å². The maximum absolute atomic E-state index is 12.7. The van der Waals surface area contributed by atoms with E-state index < -0.39 is 26.0 Å². The summed E-state index contributed by atoms with van der Waals surface area (Å²) in [7, 11) is -5.56. The van der Waals surface area contributed by atoms with Crippen LogP contribution in [0.4, 0.5) is 13.2 Å². The first-order chi connectivity index (χ1) is 9.73. The van der Waals surface area contributed by atoms with Gasteiger partial charge in [-0.1, -0.05) is 35.9 Å². The maximum Gasteiger partial charge on any atom is 0.502 e. The highest BCUT2D eigenvalue weighted by molar-refractivity contribution is 7.92. The highest BCUT2D eigenvalue weighted by Crippen LogP contribution is 2.40. The third-order valence-electron chi connectivity index (χ3n) is 2.49. The van der Waals surface area contributed by atoms with Crippen LogP contribution in [0.25, 0.3) is 0 Å². The SMILES string of the molecule is O=S(=O)(c1cccc(Cl)c1Oc1ccccc1)C(F)(F)F. The summed E-state index contributed by atoms with van der Waals surface area (Å²) in [5, 5.41) is -0.232. The van der Waals surface area contributed by atoms with Crippen molar-refractivity contribution in [3.63, 3.8) is 0 Å². The lowest BCUT2D eigenvalue weighted by Gasteiger charge is -2.14. The van der Waals surface area contributed by atoms with E-state index in [4.69, 9.17) is 16.3 Å². The number of sulfone groups is 1. The van der Waals surface area contributed by atoms with Crippen LogP contribution in [0.15, 0.2) is 53.4 Å². The molecule has 0 unspecified atom stereocenters. The van der Waals surface area contributed by atoms with Gasteiger partial charge in [0.25, 0.3) is 9.84 Å². The van der Waals surface area contributed by atoms with E-state index in [-0.39, 0.29) is 10.8 Å². The van der Waals surface area contributed by atoms with Crippen molar-refractivity contribution in [2.45, 2.75) is 10.4 Å². The van der Waals surface area contributed by atoms with Crippen molar-refractivity contribution in [3.05, 3.63) is 53.6 Å². The Labute approximate surface area is 123 Å². The van der Waals surface area contributed by atoms with Crippen LogP contribution in [0.5, 0.6) is 11.5 Å². The molecule has 0 saturated carbocycles. The smallest absolute Gasteiger partial charge is 0.454 e. The van der Waals surface area contributed by atoms with Gasteiger partial charge in [-0.15, -0.1) is 0 Å². The lowest BCUT2D eigenvalue weighted by Crippen LogP contribution is -2.23. The van der Waals surface area contributed by atoms with Gasteiger partial charge in [0.15, 0.2) is 5.75 Å². The number of para-hydroxylation sites is 2. The van der Waals surface area contributed by atoms with Gasteiger partial charge < -0.3 is 4.74 Å². The molecule has 0 aromatic heterocycles. The van der Waals surface area contributed by atoms with Gasteiger partial charge in [-0.05, 0) is 24.3 Å². The van der Waals surface area contributed by atoms with E-state index in [2.05, 4.69) is 0 Å². The van der Waals surface area contributed by atoms with E-state index in [0.29, 0.717) is 0 Å². The molecule has 0 spiro atoms. The number of hydrogen-bond acceptors (Lipinski definition) is 3. The molecule has 0 atom stereocenters. The number of ether oxygens (including phenoxy) is 1. The molecule has 8 heteroatoms. The fourth-order valence-electron chi connectivity index (χ4n) is 1.53. The largest absolute Gasteiger partial charge is 0.502 e. The molecule has 0 amide bonds. The van der Waals surface area contributed by atoms with Crippen molar-refractivity contribution in [3.8, 4) is 11.5 Å². The molecule has 112 valence electrons. The van der Waals surface area contributed by atoms with Crippen molar-refractivity contribution in [1.82, 2.24) is 0 Å². The molecule has 0 saturated heterocycles. The Kier molecular flexibility index (Phi) is 4.15. The van der Waals surface area contributed by atoms with Crippen LogP contribution in [0, 0.1) is 0 Å². The molecule has 0 bridgehead atoms. The third kappa shape index (κ3) is 3.14. The summed E-state index contributed by atoms with van der Waals surface area (Å²) in [5.41, 5.74) is -5.44. The number of rotatable bonds is 3. The fourth-order valence-corrected chi connectivity index (χ4v) is 2.70.